The first-order chi connectivity index (χ1) is 15.3. The van der Waals surface area contributed by atoms with Crippen molar-refractivity contribution in [1.82, 2.24) is 5.32 Å². The van der Waals surface area contributed by atoms with E-state index in [9.17, 15) is 14.7 Å². The molecule has 166 valence electrons. The average Bonchev–Trinajstić information content (AvgIpc) is 2.78. The van der Waals surface area contributed by atoms with Crippen molar-refractivity contribution in [3.63, 3.8) is 0 Å². The van der Waals surface area contributed by atoms with Gasteiger partial charge in [-0.3, -0.25) is 4.79 Å². The fourth-order valence-electron chi connectivity index (χ4n) is 3.56. The minimum Gasteiger partial charge on any atom is -0.496 e. The number of aryl methyl sites for hydroxylation is 1. The van der Waals surface area contributed by atoms with Crippen molar-refractivity contribution in [2.45, 2.75) is 25.8 Å². The molecule has 3 aromatic carbocycles. The van der Waals surface area contributed by atoms with E-state index in [1.54, 1.807) is 13.2 Å². The Morgan fingerprint density at radius 2 is 1.62 bits per heavy atom. The minimum atomic E-state index is -1.15. The van der Waals surface area contributed by atoms with Crippen molar-refractivity contribution < 1.29 is 19.4 Å². The quantitative estimate of drug-likeness (QED) is 0.444. The number of carbonyl (C=O) groups excluding carboxylic acids is 1. The summed E-state index contributed by atoms with van der Waals surface area (Å²) in [4.78, 5) is 24.4. The molecule has 0 saturated heterocycles. The van der Waals surface area contributed by atoms with Crippen LogP contribution in [0.25, 0.3) is 11.1 Å². The van der Waals surface area contributed by atoms with Gasteiger partial charge in [0.1, 0.15) is 11.8 Å². The molecular weight excluding hydrogens is 449 g/mol. The summed E-state index contributed by atoms with van der Waals surface area (Å²) >= 11 is 12.1. The van der Waals surface area contributed by atoms with E-state index < -0.39 is 17.9 Å². The van der Waals surface area contributed by atoms with Gasteiger partial charge in [0, 0.05) is 12.0 Å². The van der Waals surface area contributed by atoms with Gasteiger partial charge in [0.15, 0.2) is 0 Å². The van der Waals surface area contributed by atoms with Crippen LogP contribution in [0, 0.1) is 0 Å². The topological polar surface area (TPSA) is 75.6 Å². The molecule has 0 unspecified atom stereocenters. The molecule has 3 rings (SSSR count). The molecule has 0 heterocycles. The molecule has 2 N–H and O–H groups in total. The number of methoxy groups -OCH3 is 1. The van der Waals surface area contributed by atoms with Crippen LogP contribution in [0.15, 0.2) is 60.7 Å². The fourth-order valence-corrected chi connectivity index (χ4v) is 4.13. The lowest BCUT2D eigenvalue weighted by atomic mass is 9.95. The first-order valence-electron chi connectivity index (χ1n) is 10.1. The van der Waals surface area contributed by atoms with E-state index in [1.165, 1.54) is 12.1 Å². The van der Waals surface area contributed by atoms with Crippen molar-refractivity contribution >= 4 is 35.1 Å². The number of carboxylic acid groups (broad SMARTS) is 1. The molecule has 0 saturated carbocycles. The Morgan fingerprint density at radius 3 is 2.19 bits per heavy atom. The summed E-state index contributed by atoms with van der Waals surface area (Å²) in [6.07, 6.45) is 0.960. The normalized spacial score (nSPS) is 11.6. The van der Waals surface area contributed by atoms with Gasteiger partial charge in [-0.1, -0.05) is 72.6 Å². The second-order valence-corrected chi connectivity index (χ2v) is 8.02. The van der Waals surface area contributed by atoms with Crippen molar-refractivity contribution in [3.05, 3.63) is 87.4 Å². The summed E-state index contributed by atoms with van der Waals surface area (Å²) in [6.45, 7) is 2.08. The minimum absolute atomic E-state index is 0.0562. The van der Waals surface area contributed by atoms with Crippen LogP contribution in [-0.2, 0) is 17.6 Å². The molecule has 1 amide bonds. The first-order valence-corrected chi connectivity index (χ1v) is 10.8. The zero-order valence-corrected chi connectivity index (χ0v) is 19.2. The molecule has 7 heteroatoms. The van der Waals surface area contributed by atoms with Crippen LogP contribution < -0.4 is 10.1 Å². The molecule has 5 nitrogen and oxygen atoms in total. The number of carboxylic acids is 1. The molecule has 0 aromatic heterocycles. The Bertz CT molecular complexity index is 1090. The van der Waals surface area contributed by atoms with Gasteiger partial charge in [-0.25, -0.2) is 4.79 Å². The number of ether oxygens (including phenoxy) is 1. The first kappa shape index (κ1) is 23.6. The van der Waals surface area contributed by atoms with Crippen molar-refractivity contribution in [2.24, 2.45) is 0 Å². The highest BCUT2D eigenvalue weighted by atomic mass is 35.5. The molecule has 32 heavy (non-hydrogen) atoms. The van der Waals surface area contributed by atoms with Crippen LogP contribution in [0.4, 0.5) is 0 Å². The third-order valence-corrected chi connectivity index (χ3v) is 5.82. The molecule has 0 fully saturated rings. The average molecular weight is 472 g/mol. The maximum Gasteiger partial charge on any atom is 0.326 e. The molecule has 0 bridgehead atoms. The van der Waals surface area contributed by atoms with Crippen LogP contribution in [-0.4, -0.2) is 30.1 Å². The maximum absolute atomic E-state index is 12.6. The lowest BCUT2D eigenvalue weighted by molar-refractivity contribution is -0.139. The highest BCUT2D eigenvalue weighted by Crippen LogP contribution is 2.34. The number of benzene rings is 3. The van der Waals surface area contributed by atoms with E-state index in [1.807, 2.05) is 36.4 Å². The van der Waals surface area contributed by atoms with Gasteiger partial charge in [0.05, 0.1) is 22.7 Å². The zero-order chi connectivity index (χ0) is 23.3. The summed E-state index contributed by atoms with van der Waals surface area (Å²) in [5.41, 5.74) is 3.96. The van der Waals surface area contributed by atoms with E-state index in [4.69, 9.17) is 27.9 Å². The smallest absolute Gasteiger partial charge is 0.326 e. The monoisotopic (exact) mass is 471 g/mol. The van der Waals surface area contributed by atoms with Crippen molar-refractivity contribution in [3.8, 4) is 16.9 Å². The third-order valence-electron chi connectivity index (χ3n) is 5.19. The van der Waals surface area contributed by atoms with Crippen molar-refractivity contribution in [2.75, 3.05) is 7.11 Å². The van der Waals surface area contributed by atoms with E-state index in [2.05, 4.69) is 18.3 Å². The second kappa shape index (κ2) is 10.5. The maximum atomic E-state index is 12.6. The standard InChI is InChI=1S/C25H23Cl2NO4/c1-3-16-6-4-9-21(32-2)22(16)17-12-10-15(11-13-17)14-20(25(30)31)28-24(29)23-18(26)7-5-8-19(23)27/h4-13,20H,3,14H2,1-2H3,(H,28,29)(H,30,31)/t20-/m0/s1. The van der Waals surface area contributed by atoms with E-state index >= 15 is 0 Å². The number of hydrogen-bond donors (Lipinski definition) is 2. The fraction of sp³-hybridized carbons (Fsp3) is 0.200. The summed E-state index contributed by atoms with van der Waals surface area (Å²) in [7, 11) is 1.64. The Hall–Kier alpha value is -3.02. The van der Waals surface area contributed by atoms with E-state index in [-0.39, 0.29) is 22.0 Å². The van der Waals surface area contributed by atoms with Gasteiger partial charge >= 0.3 is 5.97 Å². The Labute approximate surface area is 196 Å². The van der Waals surface area contributed by atoms with Gasteiger partial charge < -0.3 is 15.2 Å². The van der Waals surface area contributed by atoms with Gasteiger partial charge in [0.25, 0.3) is 5.91 Å². The summed E-state index contributed by atoms with van der Waals surface area (Å²) in [5.74, 6) is -1.00. The van der Waals surface area contributed by atoms with Crippen LogP contribution in [0.1, 0.15) is 28.4 Å². The predicted molar refractivity (Wildman–Crippen MR) is 127 cm³/mol. The summed E-state index contributed by atoms with van der Waals surface area (Å²) in [6, 6.07) is 17.0. The van der Waals surface area contributed by atoms with Crippen molar-refractivity contribution in [1.29, 1.82) is 0 Å². The molecule has 0 radical (unpaired) electrons. The number of carbonyl (C=O) groups is 2. The summed E-state index contributed by atoms with van der Waals surface area (Å²) < 4.78 is 5.53. The highest BCUT2D eigenvalue weighted by molar-refractivity contribution is 6.39. The summed E-state index contributed by atoms with van der Waals surface area (Å²) in [5, 5.41) is 12.5. The molecule has 0 aliphatic heterocycles. The predicted octanol–water partition coefficient (Wildman–Crippen LogP) is 5.66. The van der Waals surface area contributed by atoms with Crippen LogP contribution in [0.5, 0.6) is 5.75 Å². The zero-order valence-electron chi connectivity index (χ0n) is 17.7. The lowest BCUT2D eigenvalue weighted by Gasteiger charge is -2.17. The lowest BCUT2D eigenvalue weighted by Crippen LogP contribution is -2.42. The number of amides is 1. The van der Waals surface area contributed by atoms with Gasteiger partial charge in [-0.15, -0.1) is 0 Å². The molecule has 1 atom stereocenters. The van der Waals surface area contributed by atoms with Gasteiger partial charge in [-0.2, -0.15) is 0 Å². The third kappa shape index (κ3) is 5.23. The highest BCUT2D eigenvalue weighted by Gasteiger charge is 2.24. The van der Waals surface area contributed by atoms with E-state index in [0.29, 0.717) is 0 Å². The number of rotatable bonds is 8. The van der Waals surface area contributed by atoms with Crippen LogP contribution in [0.2, 0.25) is 10.0 Å². The number of hydrogen-bond acceptors (Lipinski definition) is 3. The molecule has 0 spiro atoms. The van der Waals surface area contributed by atoms with E-state index in [0.717, 1.165) is 34.4 Å². The Kier molecular flexibility index (Phi) is 7.78. The number of halogens is 2. The van der Waals surface area contributed by atoms with Gasteiger partial charge in [-0.05, 0) is 41.3 Å². The largest absolute Gasteiger partial charge is 0.496 e. The van der Waals surface area contributed by atoms with Crippen LogP contribution in [0.3, 0.4) is 0 Å². The molecule has 0 aliphatic carbocycles. The molecular formula is C25H23Cl2NO4. The number of nitrogens with one attached hydrogen (secondary N) is 1. The van der Waals surface area contributed by atoms with Crippen LogP contribution >= 0.6 is 23.2 Å². The Morgan fingerprint density at radius 1 is 1.00 bits per heavy atom. The second-order valence-electron chi connectivity index (χ2n) is 7.21. The molecule has 3 aromatic rings. The Balaban J connectivity index is 1.82. The SMILES string of the molecule is CCc1cccc(OC)c1-c1ccc(C[C@H](NC(=O)c2c(Cl)cccc2Cl)C(=O)O)cc1. The molecule has 0 aliphatic rings. The van der Waals surface area contributed by atoms with Gasteiger partial charge in [0.2, 0.25) is 0 Å². The number of aliphatic carboxylic acids is 1.